The van der Waals surface area contributed by atoms with Crippen LogP contribution < -0.4 is 10.3 Å². The first-order chi connectivity index (χ1) is 14.7. The highest BCUT2D eigenvalue weighted by molar-refractivity contribution is 7.70. The molecule has 0 aliphatic carbocycles. The molecule has 2 aromatic heterocycles. The van der Waals surface area contributed by atoms with E-state index in [0.717, 1.165) is 11.1 Å². The van der Waals surface area contributed by atoms with Gasteiger partial charge in [0.15, 0.2) is 0 Å². The average Bonchev–Trinajstić information content (AvgIpc) is 3.16. The van der Waals surface area contributed by atoms with Crippen molar-refractivity contribution in [2.45, 2.75) is 6.54 Å². The number of fused-ring (bicyclic) bond motifs is 1. The molecule has 10 heteroatoms. The zero-order valence-electron chi connectivity index (χ0n) is 16.6. The smallest absolute Gasteiger partial charge is 0.258 e. The summed E-state index contributed by atoms with van der Waals surface area (Å²) in [7, 11) is 0.393. The Bertz CT molecular complexity index is 1450. The molecule has 0 unspecified atom stereocenters. The van der Waals surface area contributed by atoms with Gasteiger partial charge in [0.05, 0.1) is 6.20 Å². The van der Waals surface area contributed by atoms with Crippen molar-refractivity contribution in [1.29, 1.82) is 0 Å². The lowest BCUT2D eigenvalue weighted by atomic mass is 9.96. The van der Waals surface area contributed by atoms with Gasteiger partial charge in [-0.05, 0) is 29.1 Å². The van der Waals surface area contributed by atoms with Crippen LogP contribution in [0.25, 0.3) is 33.0 Å². The Kier molecular flexibility index (Phi) is 5.42. The van der Waals surface area contributed by atoms with E-state index in [1.165, 1.54) is 16.8 Å². The molecule has 4 aromatic rings. The van der Waals surface area contributed by atoms with Gasteiger partial charge in [-0.15, -0.1) is 0 Å². The predicted octanol–water partition coefficient (Wildman–Crippen LogP) is 2.50. The first kappa shape index (κ1) is 20.9. The highest BCUT2D eigenvalue weighted by atomic mass is 32.2. The molecular formula is C21H18F2N4O3S. The van der Waals surface area contributed by atoms with Crippen LogP contribution in [0.1, 0.15) is 5.56 Å². The summed E-state index contributed by atoms with van der Waals surface area (Å²) in [5.41, 5.74) is 1.77. The Balaban J connectivity index is 1.97. The van der Waals surface area contributed by atoms with Crippen molar-refractivity contribution < 1.29 is 17.2 Å². The van der Waals surface area contributed by atoms with E-state index >= 15 is 0 Å². The second-order valence-electron chi connectivity index (χ2n) is 7.14. The number of nitrogens with one attached hydrogen (secondary N) is 1. The molecule has 0 saturated heterocycles. The van der Waals surface area contributed by atoms with Crippen molar-refractivity contribution in [2.75, 3.05) is 0 Å². The van der Waals surface area contributed by atoms with E-state index in [4.69, 9.17) is 0 Å². The predicted molar refractivity (Wildman–Crippen MR) is 114 cm³/mol. The fraction of sp³-hybridized carbons (Fsp3) is 0.143. The van der Waals surface area contributed by atoms with Crippen molar-refractivity contribution in [3.05, 3.63) is 76.5 Å². The fourth-order valence-electron chi connectivity index (χ4n) is 3.52. The molecule has 0 spiro atoms. The van der Waals surface area contributed by atoms with Gasteiger partial charge in [-0.1, -0.05) is 6.07 Å². The maximum atomic E-state index is 14.8. The highest BCUT2D eigenvalue weighted by Gasteiger charge is 2.17. The second-order valence-corrected chi connectivity index (χ2v) is 7.97. The Labute approximate surface area is 177 Å². The van der Waals surface area contributed by atoms with E-state index in [1.54, 1.807) is 43.2 Å². The summed E-state index contributed by atoms with van der Waals surface area (Å²) < 4.78 is 55.8. The van der Waals surface area contributed by atoms with Crippen LogP contribution in [0.15, 0.2) is 53.7 Å². The number of aromatic nitrogens is 3. The number of thiol groups is 1. The summed E-state index contributed by atoms with van der Waals surface area (Å²) in [4.78, 5) is 12.7. The standard InChI is InChI=1S/C21H18F2N4O3S/c1-26-11-18(17-6-13(9-25-31(29)30)19(22)7-20(17)23)16-5-12(3-4-15(16)21(26)28)14-8-24-27(2)10-14/h3-8,10-11,31H,9H2,1-2H3,(H,25,29,30). The van der Waals surface area contributed by atoms with E-state index in [2.05, 4.69) is 9.82 Å². The van der Waals surface area contributed by atoms with Crippen LogP contribution in [0.3, 0.4) is 0 Å². The van der Waals surface area contributed by atoms with Crippen molar-refractivity contribution in [2.24, 2.45) is 14.1 Å². The molecule has 0 saturated carbocycles. The number of halogens is 2. The minimum Gasteiger partial charge on any atom is -0.317 e. The SMILES string of the molecule is Cn1cc(-c2ccc3c(=O)n(C)cc(-c4cc(CN[SH](=O)=O)c(F)cc4F)c3c2)cn1. The summed E-state index contributed by atoms with van der Waals surface area (Å²) in [6.07, 6.45) is 4.97. The molecule has 0 atom stereocenters. The molecule has 2 heterocycles. The third-order valence-electron chi connectivity index (χ3n) is 5.05. The molecular weight excluding hydrogens is 426 g/mol. The second kappa shape index (κ2) is 8.05. The Morgan fingerprint density at radius 2 is 1.74 bits per heavy atom. The third kappa shape index (κ3) is 3.99. The van der Waals surface area contributed by atoms with E-state index in [0.29, 0.717) is 22.4 Å². The number of hydrogen-bond acceptors (Lipinski definition) is 4. The highest BCUT2D eigenvalue weighted by Crippen LogP contribution is 2.33. The molecule has 1 N–H and O–H groups in total. The van der Waals surface area contributed by atoms with Crippen LogP contribution in [0.5, 0.6) is 0 Å². The van der Waals surface area contributed by atoms with Gasteiger partial charge in [0.25, 0.3) is 5.56 Å². The zero-order chi connectivity index (χ0) is 22.3. The first-order valence-electron chi connectivity index (χ1n) is 9.23. The van der Waals surface area contributed by atoms with Gasteiger partial charge in [-0.3, -0.25) is 9.48 Å². The maximum Gasteiger partial charge on any atom is 0.258 e. The third-order valence-corrected chi connectivity index (χ3v) is 5.46. The summed E-state index contributed by atoms with van der Waals surface area (Å²) >= 11 is 0. The van der Waals surface area contributed by atoms with Crippen LogP contribution in [0.4, 0.5) is 8.78 Å². The van der Waals surface area contributed by atoms with Crippen molar-refractivity contribution in [1.82, 2.24) is 19.1 Å². The van der Waals surface area contributed by atoms with E-state index in [-0.39, 0.29) is 23.2 Å². The van der Waals surface area contributed by atoms with Gasteiger partial charge in [-0.2, -0.15) is 5.10 Å². The molecule has 31 heavy (non-hydrogen) atoms. The van der Waals surface area contributed by atoms with Gasteiger partial charge in [-0.25, -0.2) is 21.9 Å². The van der Waals surface area contributed by atoms with Crippen LogP contribution in [-0.2, 0) is 31.5 Å². The molecule has 0 amide bonds. The summed E-state index contributed by atoms with van der Waals surface area (Å²) in [6, 6.07) is 7.18. The van der Waals surface area contributed by atoms with Crippen molar-refractivity contribution in [3.8, 4) is 22.3 Å². The van der Waals surface area contributed by atoms with Crippen molar-refractivity contribution in [3.63, 3.8) is 0 Å². The topological polar surface area (TPSA) is 86.0 Å². The lowest BCUT2D eigenvalue weighted by Gasteiger charge is -2.13. The average molecular weight is 444 g/mol. The van der Waals surface area contributed by atoms with Crippen LogP contribution in [0.2, 0.25) is 0 Å². The molecule has 0 aliphatic rings. The molecule has 0 aliphatic heterocycles. The van der Waals surface area contributed by atoms with E-state index < -0.39 is 22.5 Å². The van der Waals surface area contributed by atoms with Gasteiger partial charge in [0, 0.05) is 66.7 Å². The fourth-order valence-corrected chi connectivity index (χ4v) is 3.81. The van der Waals surface area contributed by atoms with Crippen LogP contribution in [0, 0.1) is 11.6 Å². The Morgan fingerprint density at radius 3 is 2.42 bits per heavy atom. The minimum absolute atomic E-state index is 0.0129. The number of nitrogens with zero attached hydrogens (tertiary/aromatic N) is 3. The summed E-state index contributed by atoms with van der Waals surface area (Å²) in [5, 5.41) is 5.01. The molecule has 0 fully saturated rings. The van der Waals surface area contributed by atoms with Crippen molar-refractivity contribution >= 4 is 21.7 Å². The maximum absolute atomic E-state index is 14.8. The number of aryl methyl sites for hydroxylation is 2. The quantitative estimate of drug-likeness (QED) is 0.463. The molecule has 0 bridgehead atoms. The Hall–Kier alpha value is -3.37. The molecule has 4 rings (SSSR count). The van der Waals surface area contributed by atoms with Crippen LogP contribution >= 0.6 is 0 Å². The lowest BCUT2D eigenvalue weighted by Crippen LogP contribution is -2.17. The van der Waals surface area contributed by atoms with E-state index in [9.17, 15) is 22.0 Å². The monoisotopic (exact) mass is 444 g/mol. The number of benzene rings is 2. The van der Waals surface area contributed by atoms with Gasteiger partial charge in [0.2, 0.25) is 10.9 Å². The number of pyridine rings is 1. The zero-order valence-corrected chi connectivity index (χ0v) is 17.5. The summed E-state index contributed by atoms with van der Waals surface area (Å²) in [6.45, 7) is -0.317. The molecule has 160 valence electrons. The molecule has 7 nitrogen and oxygen atoms in total. The normalized spacial score (nSPS) is 11.5. The van der Waals surface area contributed by atoms with Gasteiger partial charge < -0.3 is 4.57 Å². The number of rotatable bonds is 5. The molecule has 2 aromatic carbocycles. The first-order valence-corrected chi connectivity index (χ1v) is 10.4. The Morgan fingerprint density at radius 1 is 0.968 bits per heavy atom. The minimum atomic E-state index is -2.94. The van der Waals surface area contributed by atoms with Gasteiger partial charge >= 0.3 is 0 Å². The molecule has 0 radical (unpaired) electrons. The lowest BCUT2D eigenvalue weighted by molar-refractivity contribution is 0.569. The van der Waals surface area contributed by atoms with Gasteiger partial charge in [0.1, 0.15) is 11.6 Å². The van der Waals surface area contributed by atoms with E-state index in [1.807, 2.05) is 6.20 Å². The number of hydrogen-bond donors (Lipinski definition) is 2. The van der Waals surface area contributed by atoms with Crippen LogP contribution in [-0.4, -0.2) is 22.8 Å². The summed E-state index contributed by atoms with van der Waals surface area (Å²) in [5.74, 6) is -1.68. The largest absolute Gasteiger partial charge is 0.317 e.